The lowest BCUT2D eigenvalue weighted by molar-refractivity contribution is 0.0600. The number of sulfonamides is 1. The second kappa shape index (κ2) is 6.13. The zero-order valence-electron chi connectivity index (χ0n) is 12.0. The Morgan fingerprint density at radius 2 is 1.95 bits per heavy atom. The average Bonchev–Trinajstić information content (AvgIpc) is 2.43. The van der Waals surface area contributed by atoms with Crippen LogP contribution in [0.3, 0.4) is 0 Å². The van der Waals surface area contributed by atoms with Gasteiger partial charge in [0.25, 0.3) is 0 Å². The van der Waals surface area contributed by atoms with E-state index in [2.05, 4.69) is 9.46 Å². The molecule has 1 aromatic rings. The Bertz CT molecular complexity index is 606. The molecule has 1 aromatic carbocycles. The van der Waals surface area contributed by atoms with Gasteiger partial charge in [-0.1, -0.05) is 12.1 Å². The maximum atomic E-state index is 12.0. The molecule has 7 heteroatoms. The minimum Gasteiger partial charge on any atom is -0.465 e. The number of nitrogens with one attached hydrogen (secondary N) is 1. The van der Waals surface area contributed by atoms with E-state index in [0.717, 1.165) is 19.3 Å². The zero-order valence-corrected chi connectivity index (χ0v) is 12.8. The van der Waals surface area contributed by atoms with Crippen LogP contribution in [0.5, 0.6) is 0 Å². The number of hydrogen-bond donors (Lipinski definition) is 2. The molecule has 2 rings (SSSR count). The van der Waals surface area contributed by atoms with Crippen LogP contribution >= 0.6 is 0 Å². The van der Waals surface area contributed by atoms with Gasteiger partial charge in [-0.15, -0.1) is 0 Å². The fraction of sp³-hybridized carbons (Fsp3) is 0.500. The maximum absolute atomic E-state index is 12.0. The first-order valence-electron chi connectivity index (χ1n) is 6.77. The van der Waals surface area contributed by atoms with Crippen molar-refractivity contribution in [3.63, 3.8) is 0 Å². The van der Waals surface area contributed by atoms with E-state index < -0.39 is 16.0 Å². The van der Waals surface area contributed by atoms with Gasteiger partial charge < -0.3 is 10.5 Å². The van der Waals surface area contributed by atoms with Crippen molar-refractivity contribution >= 4 is 16.0 Å². The summed E-state index contributed by atoms with van der Waals surface area (Å²) in [6, 6.07) is 6.31. The summed E-state index contributed by atoms with van der Waals surface area (Å²) in [5.41, 5.74) is 6.60. The first-order valence-corrected chi connectivity index (χ1v) is 8.42. The number of nitrogens with two attached hydrogens (primary N) is 1. The third-order valence-electron chi connectivity index (χ3n) is 3.73. The van der Waals surface area contributed by atoms with Crippen LogP contribution < -0.4 is 10.5 Å². The molecule has 0 atom stereocenters. The van der Waals surface area contributed by atoms with E-state index >= 15 is 0 Å². The van der Waals surface area contributed by atoms with Gasteiger partial charge >= 0.3 is 5.97 Å². The van der Waals surface area contributed by atoms with Gasteiger partial charge in [-0.25, -0.2) is 17.9 Å². The van der Waals surface area contributed by atoms with Gasteiger partial charge in [0.05, 0.1) is 18.4 Å². The van der Waals surface area contributed by atoms with Crippen molar-refractivity contribution in [3.05, 3.63) is 35.4 Å². The van der Waals surface area contributed by atoms with Crippen LogP contribution in [0.25, 0.3) is 0 Å². The van der Waals surface area contributed by atoms with Crippen molar-refractivity contribution in [1.82, 2.24) is 4.72 Å². The molecule has 0 aromatic heterocycles. The van der Waals surface area contributed by atoms with Crippen LogP contribution in [-0.4, -0.2) is 33.6 Å². The Balaban J connectivity index is 1.94. The Morgan fingerprint density at radius 3 is 2.43 bits per heavy atom. The molecular weight excluding hydrogens is 292 g/mol. The smallest absolute Gasteiger partial charge is 0.337 e. The fourth-order valence-electron chi connectivity index (χ4n) is 2.19. The van der Waals surface area contributed by atoms with Gasteiger partial charge in [0.15, 0.2) is 0 Å². The summed E-state index contributed by atoms with van der Waals surface area (Å²) in [6.07, 6.45) is 2.75. The van der Waals surface area contributed by atoms with E-state index in [0.29, 0.717) is 11.1 Å². The first kappa shape index (κ1) is 15.9. The van der Waals surface area contributed by atoms with Crippen LogP contribution in [0.4, 0.5) is 0 Å². The molecule has 0 aliphatic heterocycles. The molecule has 6 nitrogen and oxygen atoms in total. The molecule has 0 heterocycles. The highest BCUT2D eigenvalue weighted by atomic mass is 32.2. The monoisotopic (exact) mass is 312 g/mol. The molecule has 1 saturated carbocycles. The van der Waals surface area contributed by atoms with Crippen molar-refractivity contribution < 1.29 is 17.9 Å². The predicted octanol–water partition coefficient (Wildman–Crippen LogP) is 0.774. The van der Waals surface area contributed by atoms with E-state index in [-0.39, 0.29) is 17.8 Å². The lowest BCUT2D eigenvalue weighted by Crippen LogP contribution is -2.54. The van der Waals surface area contributed by atoms with E-state index in [1.54, 1.807) is 24.3 Å². The zero-order chi connectivity index (χ0) is 15.5. The first-order chi connectivity index (χ1) is 9.84. The van der Waals surface area contributed by atoms with E-state index in [4.69, 9.17) is 5.73 Å². The summed E-state index contributed by atoms with van der Waals surface area (Å²) >= 11 is 0. The fourth-order valence-corrected chi connectivity index (χ4v) is 3.43. The van der Waals surface area contributed by atoms with Crippen LogP contribution in [0.15, 0.2) is 24.3 Å². The van der Waals surface area contributed by atoms with Gasteiger partial charge in [0.1, 0.15) is 0 Å². The van der Waals surface area contributed by atoms with E-state index in [9.17, 15) is 13.2 Å². The number of carbonyl (C=O) groups is 1. The van der Waals surface area contributed by atoms with Gasteiger partial charge in [-0.05, 0) is 37.0 Å². The van der Waals surface area contributed by atoms with Crippen molar-refractivity contribution in [1.29, 1.82) is 0 Å². The minimum atomic E-state index is -3.43. The normalized spacial score (nSPS) is 17.0. The number of ether oxygens (including phenoxy) is 1. The topological polar surface area (TPSA) is 98.5 Å². The van der Waals surface area contributed by atoms with Gasteiger partial charge in [-0.2, -0.15) is 0 Å². The van der Waals surface area contributed by atoms with Gasteiger partial charge in [-0.3, -0.25) is 0 Å². The van der Waals surface area contributed by atoms with E-state index in [1.807, 2.05) is 0 Å². The molecule has 116 valence electrons. The molecule has 1 fully saturated rings. The third-order valence-corrected chi connectivity index (χ3v) is 5.02. The van der Waals surface area contributed by atoms with Crippen LogP contribution in [0.1, 0.15) is 35.2 Å². The van der Waals surface area contributed by atoms with Crippen LogP contribution in [-0.2, 0) is 20.5 Å². The lowest BCUT2D eigenvalue weighted by Gasteiger charge is -2.38. The van der Waals surface area contributed by atoms with E-state index in [1.165, 1.54) is 7.11 Å². The van der Waals surface area contributed by atoms with Crippen molar-refractivity contribution in [2.24, 2.45) is 5.73 Å². The molecular formula is C14H20N2O4S. The standard InChI is InChI=1S/C14H20N2O4S/c1-20-13(17)12-5-3-11(4-6-12)9-21(18,19)16-10-14(15)7-2-8-14/h3-6,16H,2,7-10,15H2,1H3. The average molecular weight is 312 g/mol. The molecule has 1 aliphatic carbocycles. The molecule has 0 radical (unpaired) electrons. The van der Waals surface area contributed by atoms with Crippen molar-refractivity contribution in [2.45, 2.75) is 30.6 Å². The second-order valence-corrected chi connectivity index (χ2v) is 7.29. The lowest BCUT2D eigenvalue weighted by atomic mass is 9.78. The highest BCUT2D eigenvalue weighted by Crippen LogP contribution is 2.28. The number of esters is 1. The summed E-state index contributed by atoms with van der Waals surface area (Å²) in [4.78, 5) is 11.3. The second-order valence-electron chi connectivity index (χ2n) is 5.48. The predicted molar refractivity (Wildman–Crippen MR) is 79.2 cm³/mol. The summed E-state index contributed by atoms with van der Waals surface area (Å²) in [6.45, 7) is 0.273. The summed E-state index contributed by atoms with van der Waals surface area (Å²) in [7, 11) is -2.13. The Kier molecular flexibility index (Phi) is 4.65. The Morgan fingerprint density at radius 1 is 1.33 bits per heavy atom. The summed E-state index contributed by atoms with van der Waals surface area (Å²) < 4.78 is 31.1. The summed E-state index contributed by atoms with van der Waals surface area (Å²) in [5, 5.41) is 0. The number of carbonyl (C=O) groups excluding carboxylic acids is 1. The largest absolute Gasteiger partial charge is 0.465 e. The number of rotatable bonds is 6. The minimum absolute atomic E-state index is 0.134. The number of hydrogen-bond acceptors (Lipinski definition) is 5. The van der Waals surface area contributed by atoms with Crippen molar-refractivity contribution in [2.75, 3.05) is 13.7 Å². The highest BCUT2D eigenvalue weighted by molar-refractivity contribution is 7.88. The molecule has 1 aliphatic rings. The molecule has 0 unspecified atom stereocenters. The molecule has 21 heavy (non-hydrogen) atoms. The van der Waals surface area contributed by atoms with Gasteiger partial charge in [0.2, 0.25) is 10.0 Å². The number of methoxy groups -OCH3 is 1. The maximum Gasteiger partial charge on any atom is 0.337 e. The Labute approximate surface area is 124 Å². The highest BCUT2D eigenvalue weighted by Gasteiger charge is 2.33. The van der Waals surface area contributed by atoms with Crippen LogP contribution in [0, 0.1) is 0 Å². The van der Waals surface area contributed by atoms with Gasteiger partial charge in [0, 0.05) is 12.1 Å². The SMILES string of the molecule is COC(=O)c1ccc(CS(=O)(=O)NCC2(N)CCC2)cc1. The molecule has 3 N–H and O–H groups in total. The number of benzene rings is 1. The molecule has 0 bridgehead atoms. The molecule has 0 spiro atoms. The molecule has 0 amide bonds. The quantitative estimate of drug-likeness (QED) is 0.756. The van der Waals surface area contributed by atoms with Crippen molar-refractivity contribution in [3.8, 4) is 0 Å². The van der Waals surface area contributed by atoms with Crippen LogP contribution in [0.2, 0.25) is 0 Å². The Hall–Kier alpha value is -1.44. The summed E-state index contributed by atoms with van der Waals surface area (Å²) in [5.74, 6) is -0.581. The third kappa shape index (κ3) is 4.26. The molecule has 0 saturated heterocycles.